The van der Waals surface area contributed by atoms with Gasteiger partial charge in [0.25, 0.3) is 0 Å². The summed E-state index contributed by atoms with van der Waals surface area (Å²) in [5.74, 6) is -0.333. The summed E-state index contributed by atoms with van der Waals surface area (Å²) >= 11 is 0. The van der Waals surface area contributed by atoms with E-state index in [0.717, 1.165) is 0 Å². The predicted molar refractivity (Wildman–Crippen MR) is 65.0 cm³/mol. The third kappa shape index (κ3) is 45.6. The first-order valence-electron chi connectivity index (χ1n) is 4.72. The molecule has 0 radical (unpaired) electrons. The maximum atomic E-state index is 9.22. The highest BCUT2D eigenvalue weighted by molar-refractivity contribution is 5.70. The smallest absolute Gasteiger partial charge is 0.214 e. The zero-order valence-electron chi connectivity index (χ0n) is 10.0. The van der Waals surface area contributed by atoms with Gasteiger partial charge in [0.05, 0.1) is 0 Å². The molecule has 0 aliphatic heterocycles. The molecule has 14 heavy (non-hydrogen) atoms. The fourth-order valence-electron chi connectivity index (χ4n) is 0.316. The maximum Gasteiger partial charge on any atom is 0.214 e. The molecule has 0 spiro atoms. The molecule has 1 amide bonds. The number of hydrogen-bond donors (Lipinski definition) is 1. The number of primary amides is 1. The molecular formula is C12H23NO. The Morgan fingerprint density at radius 2 is 1.64 bits per heavy atom. The average molecular weight is 197 g/mol. The summed E-state index contributed by atoms with van der Waals surface area (Å²) < 4.78 is 0. The monoisotopic (exact) mass is 197 g/mol. The van der Waals surface area contributed by atoms with E-state index in [4.69, 9.17) is 0 Å². The summed E-state index contributed by atoms with van der Waals surface area (Å²) in [6.07, 6.45) is 7.77. The summed E-state index contributed by atoms with van der Waals surface area (Å²) in [4.78, 5) is 9.22. The Morgan fingerprint density at radius 1 is 1.29 bits per heavy atom. The lowest BCUT2D eigenvalue weighted by Gasteiger charge is -1.82. The van der Waals surface area contributed by atoms with Crippen LogP contribution < -0.4 is 5.73 Å². The van der Waals surface area contributed by atoms with Gasteiger partial charge in [-0.15, -0.1) is 0 Å². The van der Waals surface area contributed by atoms with E-state index < -0.39 is 0 Å². The molecule has 0 rings (SSSR count). The van der Waals surface area contributed by atoms with Crippen LogP contribution in [0, 0.1) is 0 Å². The molecule has 0 aromatic rings. The minimum atomic E-state index is -0.333. The van der Waals surface area contributed by atoms with Gasteiger partial charge in [0.2, 0.25) is 5.91 Å². The van der Waals surface area contributed by atoms with Gasteiger partial charge < -0.3 is 5.73 Å². The van der Waals surface area contributed by atoms with Crippen molar-refractivity contribution in [3.05, 3.63) is 36.5 Å². The fourth-order valence-corrected chi connectivity index (χ4v) is 0.316. The standard InChI is InChI=1S/C8H12.C2H5NO.C2H6/c1-4-6-7-8(3)5-2;1-2(3)4;1-2/h4-7H,1H2,2-3H3;1H3,(H2,3,4);1-2H3/b7-6-,8-5-;;. The van der Waals surface area contributed by atoms with Crippen molar-refractivity contribution in [1.29, 1.82) is 0 Å². The molecule has 0 heterocycles. The van der Waals surface area contributed by atoms with Crippen molar-refractivity contribution in [2.75, 3.05) is 0 Å². The van der Waals surface area contributed by atoms with Crippen LogP contribution >= 0.6 is 0 Å². The first-order valence-corrected chi connectivity index (χ1v) is 4.72. The Labute approximate surface area is 88.2 Å². The van der Waals surface area contributed by atoms with Crippen molar-refractivity contribution in [2.24, 2.45) is 5.73 Å². The molecule has 0 aromatic heterocycles. The molecule has 0 atom stereocenters. The third-order valence-electron chi connectivity index (χ3n) is 0.951. The molecule has 0 saturated carbocycles. The predicted octanol–water partition coefficient (Wildman–Crippen LogP) is 3.21. The van der Waals surface area contributed by atoms with Crippen molar-refractivity contribution in [1.82, 2.24) is 0 Å². The van der Waals surface area contributed by atoms with Gasteiger partial charge in [-0.1, -0.05) is 50.3 Å². The highest BCUT2D eigenvalue weighted by Crippen LogP contribution is 1.92. The van der Waals surface area contributed by atoms with Crippen molar-refractivity contribution < 1.29 is 4.79 Å². The van der Waals surface area contributed by atoms with Crippen LogP contribution in [0.25, 0.3) is 0 Å². The second-order valence-electron chi connectivity index (χ2n) is 2.24. The normalized spacial score (nSPS) is 9.36. The van der Waals surface area contributed by atoms with Crippen molar-refractivity contribution in [3.8, 4) is 0 Å². The quantitative estimate of drug-likeness (QED) is 0.679. The van der Waals surface area contributed by atoms with E-state index in [2.05, 4.69) is 25.3 Å². The van der Waals surface area contributed by atoms with Crippen LogP contribution in [0.2, 0.25) is 0 Å². The van der Waals surface area contributed by atoms with Gasteiger partial charge >= 0.3 is 0 Å². The lowest BCUT2D eigenvalue weighted by molar-refractivity contribution is -0.115. The zero-order valence-corrected chi connectivity index (χ0v) is 10.0. The van der Waals surface area contributed by atoms with Crippen LogP contribution in [-0.4, -0.2) is 5.91 Å². The van der Waals surface area contributed by atoms with Crippen LogP contribution in [0.1, 0.15) is 34.6 Å². The fraction of sp³-hybridized carbons (Fsp3) is 0.417. The lowest BCUT2D eigenvalue weighted by Crippen LogP contribution is -2.01. The van der Waals surface area contributed by atoms with Gasteiger partial charge in [0.15, 0.2) is 0 Å². The minimum absolute atomic E-state index is 0.333. The van der Waals surface area contributed by atoms with E-state index in [1.165, 1.54) is 12.5 Å². The summed E-state index contributed by atoms with van der Waals surface area (Å²) in [5.41, 5.74) is 5.74. The van der Waals surface area contributed by atoms with E-state index in [-0.39, 0.29) is 5.91 Å². The molecule has 2 heteroatoms. The Morgan fingerprint density at radius 3 is 1.86 bits per heavy atom. The van der Waals surface area contributed by atoms with E-state index >= 15 is 0 Å². The number of carbonyl (C=O) groups excluding carboxylic acids is 1. The Bertz CT molecular complexity index is 186. The molecule has 0 saturated heterocycles. The van der Waals surface area contributed by atoms with Crippen molar-refractivity contribution in [2.45, 2.75) is 34.6 Å². The molecular weight excluding hydrogens is 174 g/mol. The third-order valence-corrected chi connectivity index (χ3v) is 0.951. The molecule has 0 bridgehead atoms. The number of allylic oxidation sites excluding steroid dienone is 5. The molecule has 0 aliphatic carbocycles. The van der Waals surface area contributed by atoms with E-state index in [0.29, 0.717) is 0 Å². The van der Waals surface area contributed by atoms with Crippen molar-refractivity contribution in [3.63, 3.8) is 0 Å². The van der Waals surface area contributed by atoms with E-state index in [1.54, 1.807) is 6.08 Å². The zero-order chi connectivity index (χ0) is 12.0. The molecule has 2 N–H and O–H groups in total. The molecule has 0 aliphatic rings. The van der Waals surface area contributed by atoms with Crippen LogP contribution in [0.3, 0.4) is 0 Å². The number of hydrogen-bond acceptors (Lipinski definition) is 1. The van der Waals surface area contributed by atoms with Gasteiger partial charge in [-0.2, -0.15) is 0 Å². The maximum absolute atomic E-state index is 9.22. The lowest BCUT2D eigenvalue weighted by atomic mass is 10.3. The van der Waals surface area contributed by atoms with Gasteiger partial charge in [-0.25, -0.2) is 0 Å². The SMILES string of the molecule is C=C/C=C\C(C)=C/C.CC.CC(N)=O. The van der Waals surface area contributed by atoms with Crippen LogP contribution in [0.4, 0.5) is 0 Å². The number of nitrogens with two attached hydrogens (primary N) is 1. The largest absolute Gasteiger partial charge is 0.370 e. The number of amides is 1. The Balaban J connectivity index is -0.000000170. The Hall–Kier alpha value is -1.31. The minimum Gasteiger partial charge on any atom is -0.370 e. The highest BCUT2D eigenvalue weighted by Gasteiger charge is 1.70. The summed E-state index contributed by atoms with van der Waals surface area (Å²) in [6.45, 7) is 12.9. The topological polar surface area (TPSA) is 43.1 Å². The molecule has 0 aromatic carbocycles. The molecule has 0 unspecified atom stereocenters. The first kappa shape index (κ1) is 18.5. The van der Waals surface area contributed by atoms with Crippen molar-refractivity contribution >= 4 is 5.91 Å². The Kier molecular flexibility index (Phi) is 23.3. The summed E-state index contributed by atoms with van der Waals surface area (Å²) in [7, 11) is 0. The van der Waals surface area contributed by atoms with E-state index in [1.807, 2.05) is 32.9 Å². The molecule has 0 fully saturated rings. The van der Waals surface area contributed by atoms with Crippen LogP contribution in [-0.2, 0) is 4.79 Å². The number of rotatable bonds is 2. The van der Waals surface area contributed by atoms with Gasteiger partial charge in [-0.05, 0) is 13.8 Å². The summed E-state index contributed by atoms with van der Waals surface area (Å²) in [5, 5.41) is 0. The number of carbonyl (C=O) groups is 1. The van der Waals surface area contributed by atoms with Gasteiger partial charge in [-0.3, -0.25) is 4.79 Å². The van der Waals surface area contributed by atoms with Gasteiger partial charge in [0.1, 0.15) is 0 Å². The second kappa shape index (κ2) is 17.7. The summed E-state index contributed by atoms with van der Waals surface area (Å²) in [6, 6.07) is 0. The molecule has 2 nitrogen and oxygen atoms in total. The van der Waals surface area contributed by atoms with Crippen LogP contribution in [0.15, 0.2) is 36.5 Å². The van der Waals surface area contributed by atoms with Crippen LogP contribution in [0.5, 0.6) is 0 Å². The first-order chi connectivity index (χ1) is 6.54. The molecule has 82 valence electrons. The van der Waals surface area contributed by atoms with Gasteiger partial charge in [0, 0.05) is 6.92 Å². The second-order valence-corrected chi connectivity index (χ2v) is 2.24. The van der Waals surface area contributed by atoms with E-state index in [9.17, 15) is 4.79 Å². The average Bonchev–Trinajstić information content (AvgIpc) is 2.16. The highest BCUT2D eigenvalue weighted by atomic mass is 16.1.